The molecule has 0 radical (unpaired) electrons. The summed E-state index contributed by atoms with van der Waals surface area (Å²) in [5.41, 5.74) is 1.25. The molecule has 2 heteroatoms. The molecule has 0 bridgehead atoms. The van der Waals surface area contributed by atoms with Gasteiger partial charge in [-0.3, -0.25) is 0 Å². The van der Waals surface area contributed by atoms with E-state index < -0.39 is 0 Å². The van der Waals surface area contributed by atoms with Gasteiger partial charge in [0, 0.05) is 0 Å². The van der Waals surface area contributed by atoms with Crippen molar-refractivity contribution in [1.29, 1.82) is 0 Å². The largest absolute Gasteiger partial charge is 0.495 e. The molecule has 0 saturated carbocycles. The molecule has 0 amide bonds. The van der Waals surface area contributed by atoms with E-state index in [1.54, 1.807) is 18.4 Å². The standard InChI is InChI=1S/C10H10OS/c1-7-5-8-3-4-12-10(8)9(6-7)11-2/h3-6H,1-2H3. The first-order valence-corrected chi connectivity index (χ1v) is 4.71. The highest BCUT2D eigenvalue weighted by atomic mass is 32.1. The van der Waals surface area contributed by atoms with Gasteiger partial charge in [0.25, 0.3) is 0 Å². The van der Waals surface area contributed by atoms with Crippen LogP contribution >= 0.6 is 11.3 Å². The fraction of sp³-hybridized carbons (Fsp3) is 0.200. The number of methoxy groups -OCH3 is 1. The maximum absolute atomic E-state index is 5.28. The van der Waals surface area contributed by atoms with Crippen LogP contribution in [0.15, 0.2) is 23.6 Å². The lowest BCUT2D eigenvalue weighted by atomic mass is 10.2. The van der Waals surface area contributed by atoms with Crippen LogP contribution in [-0.4, -0.2) is 7.11 Å². The second kappa shape index (κ2) is 2.79. The Labute approximate surface area is 75.6 Å². The molecule has 1 aromatic carbocycles. The van der Waals surface area contributed by atoms with Crippen molar-refractivity contribution in [1.82, 2.24) is 0 Å². The topological polar surface area (TPSA) is 9.23 Å². The average Bonchev–Trinajstić information content (AvgIpc) is 2.50. The number of aryl methyl sites for hydroxylation is 1. The summed E-state index contributed by atoms with van der Waals surface area (Å²) < 4.78 is 6.52. The zero-order valence-electron chi connectivity index (χ0n) is 7.13. The predicted molar refractivity (Wildman–Crippen MR) is 53.1 cm³/mol. The molecule has 0 aliphatic heterocycles. The third-order valence-electron chi connectivity index (χ3n) is 1.88. The number of hydrogen-bond acceptors (Lipinski definition) is 2. The Balaban J connectivity index is 2.80. The van der Waals surface area contributed by atoms with Crippen LogP contribution in [0.1, 0.15) is 5.56 Å². The highest BCUT2D eigenvalue weighted by molar-refractivity contribution is 7.17. The van der Waals surface area contributed by atoms with Crippen molar-refractivity contribution < 1.29 is 4.74 Å². The number of hydrogen-bond donors (Lipinski definition) is 0. The van der Waals surface area contributed by atoms with Crippen LogP contribution in [0.5, 0.6) is 5.75 Å². The van der Waals surface area contributed by atoms with E-state index in [1.807, 2.05) is 0 Å². The summed E-state index contributed by atoms with van der Waals surface area (Å²) >= 11 is 1.72. The van der Waals surface area contributed by atoms with Gasteiger partial charge in [-0.15, -0.1) is 11.3 Å². The Hall–Kier alpha value is -1.02. The Bertz CT molecular complexity index is 403. The van der Waals surface area contributed by atoms with Gasteiger partial charge in [-0.25, -0.2) is 0 Å². The number of rotatable bonds is 1. The Kier molecular flexibility index (Phi) is 1.77. The molecule has 62 valence electrons. The zero-order chi connectivity index (χ0) is 8.55. The van der Waals surface area contributed by atoms with E-state index in [2.05, 4.69) is 30.5 Å². The summed E-state index contributed by atoms with van der Waals surface area (Å²) in [7, 11) is 1.72. The van der Waals surface area contributed by atoms with E-state index in [0.29, 0.717) is 0 Å². The Morgan fingerprint density at radius 3 is 2.92 bits per heavy atom. The number of ether oxygens (including phenoxy) is 1. The van der Waals surface area contributed by atoms with E-state index in [-0.39, 0.29) is 0 Å². The fourth-order valence-corrected chi connectivity index (χ4v) is 2.22. The zero-order valence-corrected chi connectivity index (χ0v) is 7.94. The Morgan fingerprint density at radius 1 is 1.33 bits per heavy atom. The fourth-order valence-electron chi connectivity index (χ4n) is 1.34. The third kappa shape index (κ3) is 1.08. The summed E-state index contributed by atoms with van der Waals surface area (Å²) in [6.45, 7) is 2.08. The first-order valence-electron chi connectivity index (χ1n) is 3.83. The first kappa shape index (κ1) is 7.62. The van der Waals surface area contributed by atoms with E-state index in [1.165, 1.54) is 15.6 Å². The van der Waals surface area contributed by atoms with Crippen LogP contribution in [0.2, 0.25) is 0 Å². The van der Waals surface area contributed by atoms with Crippen molar-refractivity contribution in [3.8, 4) is 5.75 Å². The molecule has 1 nitrogen and oxygen atoms in total. The van der Waals surface area contributed by atoms with Crippen molar-refractivity contribution in [2.75, 3.05) is 7.11 Å². The van der Waals surface area contributed by atoms with Crippen molar-refractivity contribution >= 4 is 21.4 Å². The number of fused-ring (bicyclic) bond motifs is 1. The van der Waals surface area contributed by atoms with Gasteiger partial charge in [0.1, 0.15) is 5.75 Å². The van der Waals surface area contributed by atoms with E-state index in [4.69, 9.17) is 4.74 Å². The molecule has 0 unspecified atom stereocenters. The smallest absolute Gasteiger partial charge is 0.136 e. The molecule has 1 aromatic heterocycles. The molecular formula is C10H10OS. The highest BCUT2D eigenvalue weighted by Gasteiger charge is 2.02. The summed E-state index contributed by atoms with van der Waals surface area (Å²) in [4.78, 5) is 0. The van der Waals surface area contributed by atoms with Gasteiger partial charge in [-0.05, 0) is 35.4 Å². The molecule has 1 heterocycles. The lowest BCUT2D eigenvalue weighted by Gasteiger charge is -2.02. The van der Waals surface area contributed by atoms with Gasteiger partial charge in [-0.2, -0.15) is 0 Å². The van der Waals surface area contributed by atoms with Gasteiger partial charge in [0.15, 0.2) is 0 Å². The Morgan fingerprint density at radius 2 is 2.17 bits per heavy atom. The monoisotopic (exact) mass is 178 g/mol. The highest BCUT2D eigenvalue weighted by Crippen LogP contribution is 2.31. The van der Waals surface area contributed by atoms with Crippen LogP contribution < -0.4 is 4.74 Å². The third-order valence-corrected chi connectivity index (χ3v) is 2.83. The normalized spacial score (nSPS) is 10.5. The summed E-state index contributed by atoms with van der Waals surface area (Å²) in [5, 5.41) is 3.36. The van der Waals surface area contributed by atoms with Crippen LogP contribution in [0.3, 0.4) is 0 Å². The predicted octanol–water partition coefficient (Wildman–Crippen LogP) is 3.22. The molecule has 0 spiro atoms. The molecule has 2 rings (SSSR count). The van der Waals surface area contributed by atoms with Gasteiger partial charge < -0.3 is 4.74 Å². The second-order valence-corrected chi connectivity index (χ2v) is 3.72. The molecule has 0 aliphatic carbocycles. The molecule has 0 aliphatic rings. The minimum atomic E-state index is 0.986. The summed E-state index contributed by atoms with van der Waals surface area (Å²) in [6, 6.07) is 6.36. The van der Waals surface area contributed by atoms with E-state index in [0.717, 1.165) is 5.75 Å². The van der Waals surface area contributed by atoms with Gasteiger partial charge >= 0.3 is 0 Å². The summed E-state index contributed by atoms with van der Waals surface area (Å²) in [6.07, 6.45) is 0. The van der Waals surface area contributed by atoms with Crippen molar-refractivity contribution in [2.45, 2.75) is 6.92 Å². The maximum atomic E-state index is 5.28. The quantitative estimate of drug-likeness (QED) is 0.651. The van der Waals surface area contributed by atoms with Gasteiger partial charge in [-0.1, -0.05) is 6.07 Å². The van der Waals surface area contributed by atoms with Crippen molar-refractivity contribution in [3.63, 3.8) is 0 Å². The molecule has 0 atom stereocenters. The lowest BCUT2D eigenvalue weighted by Crippen LogP contribution is -1.83. The molecule has 0 N–H and O–H groups in total. The van der Waals surface area contributed by atoms with Crippen LogP contribution in [-0.2, 0) is 0 Å². The SMILES string of the molecule is COc1cc(C)cc2ccsc12. The minimum absolute atomic E-state index is 0.986. The van der Waals surface area contributed by atoms with Crippen LogP contribution in [0, 0.1) is 6.92 Å². The first-order chi connectivity index (χ1) is 5.81. The number of thiophene rings is 1. The average molecular weight is 178 g/mol. The molecule has 12 heavy (non-hydrogen) atoms. The van der Waals surface area contributed by atoms with E-state index >= 15 is 0 Å². The van der Waals surface area contributed by atoms with Crippen molar-refractivity contribution in [2.24, 2.45) is 0 Å². The van der Waals surface area contributed by atoms with Crippen LogP contribution in [0.25, 0.3) is 10.1 Å². The maximum Gasteiger partial charge on any atom is 0.136 e. The molecule has 0 saturated heterocycles. The van der Waals surface area contributed by atoms with E-state index in [9.17, 15) is 0 Å². The molecule has 0 fully saturated rings. The van der Waals surface area contributed by atoms with Gasteiger partial charge in [0.2, 0.25) is 0 Å². The lowest BCUT2D eigenvalue weighted by molar-refractivity contribution is 0.420. The van der Waals surface area contributed by atoms with Gasteiger partial charge in [0.05, 0.1) is 11.8 Å². The second-order valence-electron chi connectivity index (χ2n) is 2.81. The molecule has 2 aromatic rings. The molecular weight excluding hydrogens is 168 g/mol. The number of benzene rings is 1. The summed E-state index contributed by atoms with van der Waals surface area (Å²) in [5.74, 6) is 0.986. The minimum Gasteiger partial charge on any atom is -0.495 e. The van der Waals surface area contributed by atoms with Crippen LogP contribution in [0.4, 0.5) is 0 Å². The van der Waals surface area contributed by atoms with Crippen molar-refractivity contribution in [3.05, 3.63) is 29.1 Å².